The molecule has 0 unspecified atom stereocenters. The van der Waals surface area contributed by atoms with E-state index >= 15 is 0 Å². The van der Waals surface area contributed by atoms with Gasteiger partial charge in [0, 0.05) is 37.5 Å². The van der Waals surface area contributed by atoms with Crippen molar-refractivity contribution in [3.8, 4) is 0 Å². The van der Waals surface area contributed by atoms with Crippen LogP contribution in [0.2, 0.25) is 0 Å². The second-order valence-electron chi connectivity index (χ2n) is 6.65. The van der Waals surface area contributed by atoms with Crippen LogP contribution in [0.5, 0.6) is 0 Å². The summed E-state index contributed by atoms with van der Waals surface area (Å²) >= 11 is 0. The van der Waals surface area contributed by atoms with Crippen LogP contribution >= 0.6 is 0 Å². The number of hydrogen-bond donors (Lipinski definition) is 2. The number of hydrogen-bond acceptors (Lipinski definition) is 5. The number of carbonyl (C=O) groups excluding carboxylic acids is 2. The van der Waals surface area contributed by atoms with Gasteiger partial charge in [-0.15, -0.1) is 0 Å². The highest BCUT2D eigenvalue weighted by Crippen LogP contribution is 2.27. The Balaban J connectivity index is 1.86. The molecule has 0 spiro atoms. The van der Waals surface area contributed by atoms with Crippen LogP contribution in [0.1, 0.15) is 45.1 Å². The molecule has 8 nitrogen and oxygen atoms in total. The fraction of sp³-hybridized carbons (Fsp3) is 0.368. The van der Waals surface area contributed by atoms with Crippen molar-refractivity contribution in [2.24, 2.45) is 0 Å². The monoisotopic (exact) mass is 405 g/mol. The van der Waals surface area contributed by atoms with Crippen molar-refractivity contribution in [3.05, 3.63) is 46.9 Å². The van der Waals surface area contributed by atoms with Gasteiger partial charge in [0.1, 0.15) is 10.7 Å². The van der Waals surface area contributed by atoms with Crippen LogP contribution < -0.4 is 10.6 Å². The normalized spacial score (nSPS) is 14.8. The average molecular weight is 405 g/mol. The summed E-state index contributed by atoms with van der Waals surface area (Å²) in [5.41, 5.74) is 1.49. The minimum absolute atomic E-state index is 0.00961. The molecule has 0 saturated carbocycles. The lowest BCUT2D eigenvalue weighted by Crippen LogP contribution is -2.28. The minimum Gasteiger partial charge on any atom is -0.455 e. The van der Waals surface area contributed by atoms with Crippen molar-refractivity contribution in [3.63, 3.8) is 0 Å². The molecule has 150 valence electrons. The van der Waals surface area contributed by atoms with Gasteiger partial charge in [0.15, 0.2) is 5.76 Å². The van der Waals surface area contributed by atoms with Crippen LogP contribution in [0.3, 0.4) is 0 Å². The van der Waals surface area contributed by atoms with E-state index < -0.39 is 15.9 Å². The number of furan rings is 1. The molecule has 1 saturated heterocycles. The molecule has 28 heavy (non-hydrogen) atoms. The number of nitrogens with one attached hydrogen (secondary N) is 2. The SMILES string of the molecule is CNC(=O)c1cccc(NC(=O)c2cc(S(=O)(=O)N3CCCC3)c(C)o2)c1C. The molecule has 2 amide bonds. The molecule has 2 aromatic rings. The third kappa shape index (κ3) is 3.67. The number of amides is 2. The van der Waals surface area contributed by atoms with Crippen LogP contribution in [0.15, 0.2) is 33.6 Å². The average Bonchev–Trinajstić information content (AvgIpc) is 3.33. The zero-order valence-electron chi connectivity index (χ0n) is 16.0. The van der Waals surface area contributed by atoms with E-state index in [1.807, 2.05) is 0 Å². The van der Waals surface area contributed by atoms with Gasteiger partial charge >= 0.3 is 0 Å². The highest BCUT2D eigenvalue weighted by Gasteiger charge is 2.31. The Morgan fingerprint density at radius 2 is 1.79 bits per heavy atom. The van der Waals surface area contributed by atoms with E-state index in [-0.39, 0.29) is 22.3 Å². The molecule has 0 aliphatic carbocycles. The highest BCUT2D eigenvalue weighted by atomic mass is 32.2. The molecule has 9 heteroatoms. The quantitative estimate of drug-likeness (QED) is 0.793. The molecule has 1 aromatic heterocycles. The molecule has 0 bridgehead atoms. The molecule has 0 atom stereocenters. The van der Waals surface area contributed by atoms with E-state index in [1.54, 1.807) is 25.1 Å². The molecule has 1 fully saturated rings. The van der Waals surface area contributed by atoms with Gasteiger partial charge in [-0.05, 0) is 44.4 Å². The number of benzene rings is 1. The van der Waals surface area contributed by atoms with Gasteiger partial charge in [0.2, 0.25) is 10.0 Å². The molecule has 3 rings (SSSR count). The Morgan fingerprint density at radius 3 is 2.43 bits per heavy atom. The highest BCUT2D eigenvalue weighted by molar-refractivity contribution is 7.89. The molecule has 2 N–H and O–H groups in total. The first kappa shape index (κ1) is 20.1. The van der Waals surface area contributed by atoms with Crippen molar-refractivity contribution >= 4 is 27.5 Å². The van der Waals surface area contributed by atoms with E-state index in [0.717, 1.165) is 12.8 Å². The van der Waals surface area contributed by atoms with Crippen LogP contribution in [0, 0.1) is 13.8 Å². The van der Waals surface area contributed by atoms with Crippen molar-refractivity contribution in [1.82, 2.24) is 9.62 Å². The Morgan fingerprint density at radius 1 is 1.11 bits per heavy atom. The Kier molecular flexibility index (Phi) is 5.57. The predicted octanol–water partition coefficient (Wildman–Crippen LogP) is 2.29. The third-order valence-corrected chi connectivity index (χ3v) is 6.84. The molecule has 0 radical (unpaired) electrons. The van der Waals surface area contributed by atoms with Gasteiger partial charge in [-0.1, -0.05) is 6.07 Å². The fourth-order valence-electron chi connectivity index (χ4n) is 3.24. The smallest absolute Gasteiger partial charge is 0.291 e. The maximum Gasteiger partial charge on any atom is 0.291 e. The van der Waals surface area contributed by atoms with Crippen LogP contribution in [0.25, 0.3) is 0 Å². The summed E-state index contributed by atoms with van der Waals surface area (Å²) in [5, 5.41) is 5.23. The molecular weight excluding hydrogens is 382 g/mol. The number of carbonyl (C=O) groups is 2. The second-order valence-corrected chi connectivity index (χ2v) is 8.56. The Bertz CT molecular complexity index is 1020. The van der Waals surface area contributed by atoms with E-state index in [0.29, 0.717) is 29.9 Å². The molecule has 1 aliphatic rings. The maximum absolute atomic E-state index is 12.7. The first-order valence-electron chi connectivity index (χ1n) is 8.99. The van der Waals surface area contributed by atoms with Crippen molar-refractivity contribution in [1.29, 1.82) is 0 Å². The molecule has 1 aliphatic heterocycles. The first-order valence-corrected chi connectivity index (χ1v) is 10.4. The first-order chi connectivity index (χ1) is 13.3. The van der Waals surface area contributed by atoms with E-state index in [1.165, 1.54) is 24.3 Å². The summed E-state index contributed by atoms with van der Waals surface area (Å²) in [6.07, 6.45) is 1.65. The summed E-state index contributed by atoms with van der Waals surface area (Å²) in [5.74, 6) is -0.766. The van der Waals surface area contributed by atoms with Gasteiger partial charge in [-0.25, -0.2) is 8.42 Å². The lowest BCUT2D eigenvalue weighted by atomic mass is 10.1. The third-order valence-electron chi connectivity index (χ3n) is 4.83. The van der Waals surface area contributed by atoms with Crippen LogP contribution in [-0.4, -0.2) is 44.7 Å². The standard InChI is InChI=1S/C19H23N3O5S/c1-12-14(18(23)20-3)7-6-8-15(12)21-19(24)16-11-17(13(2)27-16)28(25,26)22-9-4-5-10-22/h6-8,11H,4-5,9-10H2,1-3H3,(H,20,23)(H,21,24). The lowest BCUT2D eigenvalue weighted by Gasteiger charge is -2.14. The van der Waals surface area contributed by atoms with Gasteiger partial charge in [0.05, 0.1) is 0 Å². The van der Waals surface area contributed by atoms with Crippen molar-refractivity contribution in [2.75, 3.05) is 25.5 Å². The summed E-state index contributed by atoms with van der Waals surface area (Å²) in [6.45, 7) is 4.19. The van der Waals surface area contributed by atoms with Gasteiger partial charge in [0.25, 0.3) is 11.8 Å². The van der Waals surface area contributed by atoms with Crippen LogP contribution in [0.4, 0.5) is 5.69 Å². The minimum atomic E-state index is -3.68. The molecule has 2 heterocycles. The number of anilines is 1. The topological polar surface area (TPSA) is 109 Å². The zero-order chi connectivity index (χ0) is 20.5. The number of nitrogens with zero attached hydrogens (tertiary/aromatic N) is 1. The zero-order valence-corrected chi connectivity index (χ0v) is 16.9. The largest absolute Gasteiger partial charge is 0.455 e. The number of aryl methyl sites for hydroxylation is 1. The van der Waals surface area contributed by atoms with Crippen molar-refractivity contribution in [2.45, 2.75) is 31.6 Å². The maximum atomic E-state index is 12.7. The van der Waals surface area contributed by atoms with Gasteiger partial charge in [-0.2, -0.15) is 4.31 Å². The summed E-state index contributed by atoms with van der Waals surface area (Å²) in [6, 6.07) is 6.24. The molecular formula is C19H23N3O5S. The predicted molar refractivity (Wildman–Crippen MR) is 104 cm³/mol. The van der Waals surface area contributed by atoms with E-state index in [4.69, 9.17) is 4.42 Å². The Hall–Kier alpha value is -2.65. The summed E-state index contributed by atoms with van der Waals surface area (Å²) < 4.78 is 32.3. The van der Waals surface area contributed by atoms with E-state index in [2.05, 4.69) is 10.6 Å². The number of sulfonamides is 1. The van der Waals surface area contributed by atoms with Gasteiger partial charge in [-0.3, -0.25) is 9.59 Å². The summed E-state index contributed by atoms with van der Waals surface area (Å²) in [4.78, 5) is 24.5. The second kappa shape index (κ2) is 7.76. The Labute approximate surface area is 164 Å². The van der Waals surface area contributed by atoms with Crippen molar-refractivity contribution < 1.29 is 22.4 Å². The van der Waals surface area contributed by atoms with Crippen LogP contribution in [-0.2, 0) is 10.0 Å². The lowest BCUT2D eigenvalue weighted by molar-refractivity contribution is 0.0959. The molecule has 1 aromatic carbocycles. The van der Waals surface area contributed by atoms with E-state index in [9.17, 15) is 18.0 Å². The number of rotatable bonds is 5. The van der Waals surface area contributed by atoms with Gasteiger partial charge < -0.3 is 15.1 Å². The summed E-state index contributed by atoms with van der Waals surface area (Å²) in [7, 11) is -2.15. The fourth-order valence-corrected chi connectivity index (χ4v) is 4.91.